The maximum atomic E-state index is 8.88. The zero-order valence-corrected chi connectivity index (χ0v) is 7.42. The van der Waals surface area contributed by atoms with E-state index >= 15 is 0 Å². The summed E-state index contributed by atoms with van der Waals surface area (Å²) in [5.41, 5.74) is 0. The lowest BCUT2D eigenvalue weighted by Crippen LogP contribution is -1.66. The fourth-order valence-corrected chi connectivity index (χ4v) is 0.735. The second-order valence-electron chi connectivity index (χ2n) is 1.56. The third-order valence-corrected chi connectivity index (χ3v) is 1.26. The van der Waals surface area contributed by atoms with E-state index < -0.39 is 7.82 Å². The second kappa shape index (κ2) is 4.58. The summed E-state index contributed by atoms with van der Waals surface area (Å²) in [6, 6.07) is 0. The minimum Gasteiger partial charge on any atom is -0.303 e. The molecular weight excluding hydrogens is 189 g/mol. The van der Waals surface area contributed by atoms with E-state index in [1.54, 1.807) is 17.5 Å². The highest BCUT2D eigenvalue weighted by molar-refractivity contribution is 7.45. The maximum absolute atomic E-state index is 8.88. The summed E-state index contributed by atoms with van der Waals surface area (Å²) in [4.78, 5) is 25.5. The van der Waals surface area contributed by atoms with Crippen molar-refractivity contribution < 1.29 is 19.2 Å². The van der Waals surface area contributed by atoms with Gasteiger partial charge in [-0.05, 0) is 6.92 Å². The van der Waals surface area contributed by atoms with Crippen LogP contribution in [0.5, 0.6) is 0 Å². The lowest BCUT2D eigenvalue weighted by Gasteiger charge is -1.82. The first-order valence-corrected chi connectivity index (χ1v) is 4.98. The van der Waals surface area contributed by atoms with E-state index in [1.807, 2.05) is 12.3 Å². The molecule has 0 fully saturated rings. The standard InChI is InChI=1S/C4H5NS.H3O4P/c1-4-5-2-3-6-4;1-5(2,3)4/h2-3H,1H3;(H3,1,2,3,4). The molecule has 1 aromatic rings. The SMILES string of the molecule is Cc1nccs1.O=P(O)(O)O. The molecule has 0 radical (unpaired) electrons. The first-order chi connectivity index (χ1) is 4.89. The molecule has 64 valence electrons. The quantitative estimate of drug-likeness (QED) is 0.527. The van der Waals surface area contributed by atoms with Crippen LogP contribution in [0.3, 0.4) is 0 Å². The first kappa shape index (κ1) is 10.7. The maximum Gasteiger partial charge on any atom is 0.466 e. The van der Waals surface area contributed by atoms with Gasteiger partial charge in [0.15, 0.2) is 0 Å². The van der Waals surface area contributed by atoms with Crippen molar-refractivity contribution in [3.63, 3.8) is 0 Å². The number of phosphoric acid groups is 1. The summed E-state index contributed by atoms with van der Waals surface area (Å²) in [6.45, 7) is 1.99. The van der Waals surface area contributed by atoms with Crippen molar-refractivity contribution in [2.45, 2.75) is 6.92 Å². The van der Waals surface area contributed by atoms with Gasteiger partial charge in [0, 0.05) is 11.6 Å². The fraction of sp³-hybridized carbons (Fsp3) is 0.250. The van der Waals surface area contributed by atoms with Crippen LogP contribution in [0, 0.1) is 6.92 Å². The summed E-state index contributed by atoms with van der Waals surface area (Å²) < 4.78 is 8.88. The van der Waals surface area contributed by atoms with Gasteiger partial charge in [-0.2, -0.15) is 0 Å². The molecule has 11 heavy (non-hydrogen) atoms. The molecule has 0 atom stereocenters. The molecule has 0 spiro atoms. The summed E-state index contributed by atoms with van der Waals surface area (Å²) >= 11 is 1.67. The number of hydrogen-bond acceptors (Lipinski definition) is 3. The number of aryl methyl sites for hydroxylation is 1. The Kier molecular flexibility index (Phi) is 4.48. The van der Waals surface area contributed by atoms with E-state index in [-0.39, 0.29) is 0 Å². The molecule has 0 aliphatic heterocycles. The Morgan fingerprint density at radius 2 is 2.00 bits per heavy atom. The number of thiazole rings is 1. The van der Waals surface area contributed by atoms with Crippen LogP contribution in [-0.2, 0) is 4.57 Å². The molecule has 0 unspecified atom stereocenters. The van der Waals surface area contributed by atoms with Crippen molar-refractivity contribution in [1.29, 1.82) is 0 Å². The third-order valence-electron chi connectivity index (χ3n) is 0.556. The van der Waals surface area contributed by atoms with Gasteiger partial charge in [0.2, 0.25) is 0 Å². The summed E-state index contributed by atoms with van der Waals surface area (Å²) in [6.07, 6.45) is 1.81. The predicted octanol–water partition coefficient (Wildman–Crippen LogP) is 0.523. The van der Waals surface area contributed by atoms with Gasteiger partial charge in [-0.3, -0.25) is 4.98 Å². The Morgan fingerprint density at radius 3 is 2.09 bits per heavy atom. The van der Waals surface area contributed by atoms with E-state index in [9.17, 15) is 0 Å². The molecule has 0 amide bonds. The van der Waals surface area contributed by atoms with Crippen LogP contribution in [0.25, 0.3) is 0 Å². The molecule has 0 aliphatic carbocycles. The van der Waals surface area contributed by atoms with Gasteiger partial charge in [-0.1, -0.05) is 0 Å². The normalized spacial score (nSPS) is 10.2. The van der Waals surface area contributed by atoms with Gasteiger partial charge in [-0.25, -0.2) is 4.57 Å². The predicted molar refractivity (Wildman–Crippen MR) is 41.1 cm³/mol. The van der Waals surface area contributed by atoms with E-state index in [1.165, 1.54) is 0 Å². The number of aromatic nitrogens is 1. The summed E-state index contributed by atoms with van der Waals surface area (Å²) in [5, 5.41) is 3.10. The highest BCUT2D eigenvalue weighted by atomic mass is 32.1. The smallest absolute Gasteiger partial charge is 0.303 e. The van der Waals surface area contributed by atoms with Crippen LogP contribution in [0.2, 0.25) is 0 Å². The molecular formula is C4H8NO4PS. The molecule has 0 saturated carbocycles. The van der Waals surface area contributed by atoms with Crippen LogP contribution >= 0.6 is 19.2 Å². The van der Waals surface area contributed by atoms with Crippen molar-refractivity contribution in [3.05, 3.63) is 16.6 Å². The lowest BCUT2D eigenvalue weighted by molar-refractivity contribution is 0.275. The molecule has 5 nitrogen and oxygen atoms in total. The lowest BCUT2D eigenvalue weighted by atomic mass is 10.8. The van der Waals surface area contributed by atoms with Gasteiger partial charge < -0.3 is 14.7 Å². The Labute approximate surface area is 67.6 Å². The fourth-order valence-electron chi connectivity index (χ4n) is 0.295. The zero-order chi connectivity index (χ0) is 8.91. The first-order valence-electron chi connectivity index (χ1n) is 2.54. The Bertz CT molecular complexity index is 222. The summed E-state index contributed by atoms with van der Waals surface area (Å²) in [5.74, 6) is 0. The van der Waals surface area contributed by atoms with Gasteiger partial charge in [0.05, 0.1) is 5.01 Å². The number of nitrogens with zero attached hydrogens (tertiary/aromatic N) is 1. The Hall–Kier alpha value is -0.260. The van der Waals surface area contributed by atoms with Crippen molar-refractivity contribution in [1.82, 2.24) is 4.98 Å². The Balaban J connectivity index is 0.000000187. The van der Waals surface area contributed by atoms with E-state index in [2.05, 4.69) is 4.98 Å². The van der Waals surface area contributed by atoms with Crippen LogP contribution in [0.4, 0.5) is 0 Å². The van der Waals surface area contributed by atoms with Crippen LogP contribution in [0.1, 0.15) is 5.01 Å². The third kappa shape index (κ3) is 12.8. The second-order valence-corrected chi connectivity index (χ2v) is 3.69. The molecule has 0 bridgehead atoms. The van der Waals surface area contributed by atoms with Crippen LogP contribution in [-0.4, -0.2) is 19.7 Å². The molecule has 1 heterocycles. The molecule has 0 saturated heterocycles. The molecule has 1 aromatic heterocycles. The van der Waals surface area contributed by atoms with Crippen molar-refractivity contribution >= 4 is 19.2 Å². The minimum absolute atomic E-state index is 1.13. The largest absolute Gasteiger partial charge is 0.466 e. The zero-order valence-electron chi connectivity index (χ0n) is 5.71. The van der Waals surface area contributed by atoms with Crippen molar-refractivity contribution in [2.75, 3.05) is 0 Å². The Morgan fingerprint density at radius 1 is 1.55 bits per heavy atom. The van der Waals surface area contributed by atoms with E-state index in [0.717, 1.165) is 5.01 Å². The van der Waals surface area contributed by atoms with Gasteiger partial charge in [-0.15, -0.1) is 11.3 Å². The average Bonchev–Trinajstić information content (AvgIpc) is 2.12. The van der Waals surface area contributed by atoms with Crippen LogP contribution in [0.15, 0.2) is 11.6 Å². The topological polar surface area (TPSA) is 90.7 Å². The highest BCUT2D eigenvalue weighted by Gasteiger charge is 2.00. The van der Waals surface area contributed by atoms with Crippen LogP contribution < -0.4 is 0 Å². The van der Waals surface area contributed by atoms with Gasteiger partial charge >= 0.3 is 7.82 Å². The molecule has 7 heteroatoms. The molecule has 0 aliphatic rings. The van der Waals surface area contributed by atoms with Gasteiger partial charge in [0.1, 0.15) is 0 Å². The van der Waals surface area contributed by atoms with Gasteiger partial charge in [0.25, 0.3) is 0 Å². The number of hydrogen-bond donors (Lipinski definition) is 3. The monoisotopic (exact) mass is 197 g/mol. The average molecular weight is 197 g/mol. The summed E-state index contributed by atoms with van der Waals surface area (Å²) in [7, 11) is -4.64. The molecule has 1 rings (SSSR count). The molecule has 3 N–H and O–H groups in total. The number of rotatable bonds is 0. The van der Waals surface area contributed by atoms with Crippen molar-refractivity contribution in [2.24, 2.45) is 0 Å². The van der Waals surface area contributed by atoms with Crippen molar-refractivity contribution in [3.8, 4) is 0 Å². The van der Waals surface area contributed by atoms with E-state index in [4.69, 9.17) is 19.2 Å². The minimum atomic E-state index is -4.64. The highest BCUT2D eigenvalue weighted by Crippen LogP contribution is 2.25. The molecule has 0 aromatic carbocycles. The van der Waals surface area contributed by atoms with E-state index in [0.29, 0.717) is 0 Å².